The Balaban J connectivity index is 4.90. The molecule has 0 rings (SSSR count). The van der Waals surface area contributed by atoms with Gasteiger partial charge in [0.15, 0.2) is 5.83 Å². The van der Waals surface area contributed by atoms with Gasteiger partial charge >= 0.3 is 0 Å². The van der Waals surface area contributed by atoms with Crippen LogP contribution in [-0.4, -0.2) is 4.92 Å². The van der Waals surface area contributed by atoms with E-state index in [4.69, 9.17) is 0 Å². The van der Waals surface area contributed by atoms with Crippen molar-refractivity contribution >= 4 is 0 Å². The summed E-state index contributed by atoms with van der Waals surface area (Å²) in [6, 6.07) is 0. The van der Waals surface area contributed by atoms with Gasteiger partial charge in [-0.1, -0.05) is 12.7 Å². The average Bonchev–Trinajstić information content (AvgIpc) is 2.02. The van der Waals surface area contributed by atoms with Crippen LogP contribution < -0.4 is 0 Å². The Morgan fingerprint density at radius 1 is 1.58 bits per heavy atom. The van der Waals surface area contributed by atoms with E-state index >= 15 is 0 Å². The fourth-order valence-corrected chi connectivity index (χ4v) is 0.430. The summed E-state index contributed by atoms with van der Waals surface area (Å²) in [5, 5.41) is 9.94. The quantitative estimate of drug-likeness (QED) is 0.375. The molecule has 0 amide bonds. The molecule has 0 aliphatic rings. The molecular weight excluding hydrogens is 168 g/mol. The van der Waals surface area contributed by atoms with Crippen LogP contribution in [-0.2, 0) is 0 Å². The zero-order chi connectivity index (χ0) is 9.72. The third-order valence-corrected chi connectivity index (χ3v) is 1.07. The summed E-state index contributed by atoms with van der Waals surface area (Å²) in [6.07, 6.45) is 1.71. The molecule has 3 nitrogen and oxygen atoms in total. The summed E-state index contributed by atoms with van der Waals surface area (Å²) in [7, 11) is 0. The molecule has 0 heterocycles. The van der Waals surface area contributed by atoms with Crippen LogP contribution in [0.4, 0.5) is 8.78 Å². The predicted octanol–water partition coefficient (Wildman–Crippen LogP) is 2.50. The Bertz CT molecular complexity index is 269. The van der Waals surface area contributed by atoms with Crippen molar-refractivity contribution in [1.82, 2.24) is 0 Å². The van der Waals surface area contributed by atoms with Crippen LogP contribution in [0.3, 0.4) is 0 Å². The van der Waals surface area contributed by atoms with Crippen molar-refractivity contribution in [2.75, 3.05) is 0 Å². The molecule has 0 N–H and O–H groups in total. The Morgan fingerprint density at radius 2 is 2.08 bits per heavy atom. The average molecular weight is 175 g/mol. The normalized spacial score (nSPS) is 13.8. The zero-order valence-electron chi connectivity index (χ0n) is 6.38. The van der Waals surface area contributed by atoms with E-state index in [-0.39, 0.29) is 0 Å². The Labute approximate surface area is 67.8 Å². The second-order valence-corrected chi connectivity index (χ2v) is 1.91. The molecule has 0 aromatic rings. The van der Waals surface area contributed by atoms with Crippen LogP contribution in [0.1, 0.15) is 6.92 Å². The highest BCUT2D eigenvalue weighted by Gasteiger charge is 2.16. The van der Waals surface area contributed by atoms with E-state index in [1.807, 2.05) is 0 Å². The van der Waals surface area contributed by atoms with E-state index in [0.717, 1.165) is 13.0 Å². The van der Waals surface area contributed by atoms with E-state index in [2.05, 4.69) is 6.58 Å². The second kappa shape index (κ2) is 4.38. The van der Waals surface area contributed by atoms with Crippen molar-refractivity contribution < 1.29 is 13.7 Å². The van der Waals surface area contributed by atoms with Crippen molar-refractivity contribution in [1.29, 1.82) is 0 Å². The molecule has 0 bridgehead atoms. The van der Waals surface area contributed by atoms with E-state index in [1.54, 1.807) is 0 Å². The third-order valence-electron chi connectivity index (χ3n) is 1.07. The summed E-state index contributed by atoms with van der Waals surface area (Å²) in [4.78, 5) is 8.94. The van der Waals surface area contributed by atoms with Crippen molar-refractivity contribution in [3.8, 4) is 0 Å². The van der Waals surface area contributed by atoms with Gasteiger partial charge in [0.2, 0.25) is 5.83 Å². The zero-order valence-corrected chi connectivity index (χ0v) is 6.38. The van der Waals surface area contributed by atoms with Gasteiger partial charge in [0, 0.05) is 6.92 Å². The predicted molar refractivity (Wildman–Crippen MR) is 40.2 cm³/mol. The summed E-state index contributed by atoms with van der Waals surface area (Å²) in [6.45, 7) is 3.99. The number of nitro groups is 1. The molecule has 0 unspecified atom stereocenters. The van der Waals surface area contributed by atoms with Crippen LogP contribution >= 0.6 is 0 Å². The molecule has 0 spiro atoms. The lowest BCUT2D eigenvalue weighted by atomic mass is 10.3. The van der Waals surface area contributed by atoms with Crippen LogP contribution in [0.2, 0.25) is 0 Å². The van der Waals surface area contributed by atoms with E-state index in [1.165, 1.54) is 0 Å². The first-order valence-corrected chi connectivity index (χ1v) is 3.00. The van der Waals surface area contributed by atoms with Crippen LogP contribution in [0.5, 0.6) is 0 Å². The molecular formula is C7H7F2NO2. The van der Waals surface area contributed by atoms with Crippen LogP contribution in [0, 0.1) is 10.1 Å². The number of hydrogen-bond acceptors (Lipinski definition) is 2. The topological polar surface area (TPSA) is 43.1 Å². The highest BCUT2D eigenvalue weighted by atomic mass is 19.2. The van der Waals surface area contributed by atoms with Gasteiger partial charge in [-0.25, -0.2) is 4.39 Å². The molecule has 0 aliphatic carbocycles. The van der Waals surface area contributed by atoms with Crippen LogP contribution in [0.15, 0.2) is 36.1 Å². The Hall–Kier alpha value is -1.52. The summed E-state index contributed by atoms with van der Waals surface area (Å²) >= 11 is 0. The lowest BCUT2D eigenvalue weighted by Crippen LogP contribution is -1.97. The van der Waals surface area contributed by atoms with Gasteiger partial charge in [0.1, 0.15) is 0 Å². The fourth-order valence-electron chi connectivity index (χ4n) is 0.430. The Kier molecular flexibility index (Phi) is 3.82. The van der Waals surface area contributed by atoms with E-state index < -0.39 is 22.3 Å². The molecule has 5 heteroatoms. The number of allylic oxidation sites excluding steroid dienone is 5. The minimum atomic E-state index is -1.47. The third kappa shape index (κ3) is 2.61. The smallest absolute Gasteiger partial charge is 0.259 e. The lowest BCUT2D eigenvalue weighted by molar-refractivity contribution is -0.426. The largest absolute Gasteiger partial charge is 0.281 e. The van der Waals surface area contributed by atoms with Gasteiger partial charge < -0.3 is 0 Å². The minimum absolute atomic E-state index is 0.711. The van der Waals surface area contributed by atoms with E-state index in [0.29, 0.717) is 6.08 Å². The standard InChI is InChI=1S/C7H7F2NO2/c1-3-4-6(8)7(9)5(2)10(11)12/h3-4H,1H2,2H3/b6-4+,7-5-. The molecule has 66 valence electrons. The van der Waals surface area contributed by atoms with Crippen LogP contribution in [0.25, 0.3) is 0 Å². The van der Waals surface area contributed by atoms with Gasteiger partial charge in [-0.15, -0.1) is 0 Å². The lowest BCUT2D eigenvalue weighted by Gasteiger charge is -1.92. The molecule has 0 aromatic carbocycles. The first kappa shape index (κ1) is 10.5. The monoisotopic (exact) mass is 175 g/mol. The highest BCUT2D eigenvalue weighted by Crippen LogP contribution is 2.17. The summed E-state index contributed by atoms with van der Waals surface area (Å²) in [5.74, 6) is -2.76. The van der Waals surface area contributed by atoms with Crippen molar-refractivity contribution in [2.24, 2.45) is 0 Å². The molecule has 0 aromatic heterocycles. The SMILES string of the molecule is C=C/C=C(F)\C(F)=C(/C)[N+](=O)[O-]. The molecule has 0 saturated heterocycles. The maximum absolute atomic E-state index is 12.6. The Morgan fingerprint density at radius 3 is 2.42 bits per heavy atom. The number of halogens is 2. The molecule has 0 radical (unpaired) electrons. The van der Waals surface area contributed by atoms with Crippen molar-refractivity contribution in [3.05, 3.63) is 46.2 Å². The van der Waals surface area contributed by atoms with Gasteiger partial charge in [-0.05, 0) is 6.08 Å². The molecule has 0 saturated carbocycles. The van der Waals surface area contributed by atoms with Gasteiger partial charge in [-0.3, -0.25) is 10.1 Å². The summed E-state index contributed by atoms with van der Waals surface area (Å²) in [5.41, 5.74) is -0.856. The fraction of sp³-hybridized carbons (Fsp3) is 0.143. The second-order valence-electron chi connectivity index (χ2n) is 1.91. The van der Waals surface area contributed by atoms with Gasteiger partial charge in [-0.2, -0.15) is 4.39 Å². The molecule has 0 fully saturated rings. The van der Waals surface area contributed by atoms with Gasteiger partial charge in [0.05, 0.1) is 4.92 Å². The van der Waals surface area contributed by atoms with E-state index in [9.17, 15) is 18.9 Å². The minimum Gasteiger partial charge on any atom is -0.259 e. The number of hydrogen-bond donors (Lipinski definition) is 0. The molecule has 0 aliphatic heterocycles. The number of rotatable bonds is 3. The summed E-state index contributed by atoms with van der Waals surface area (Å²) < 4.78 is 25.0. The first-order chi connectivity index (χ1) is 5.50. The molecule has 12 heavy (non-hydrogen) atoms. The van der Waals surface area contributed by atoms with Gasteiger partial charge in [0.25, 0.3) is 5.70 Å². The maximum Gasteiger partial charge on any atom is 0.281 e. The van der Waals surface area contributed by atoms with Crippen molar-refractivity contribution in [2.45, 2.75) is 6.92 Å². The van der Waals surface area contributed by atoms with Crippen molar-refractivity contribution in [3.63, 3.8) is 0 Å². The molecule has 0 atom stereocenters. The first-order valence-electron chi connectivity index (χ1n) is 3.00. The number of nitrogens with zero attached hydrogens (tertiary/aromatic N) is 1. The maximum atomic E-state index is 12.6. The highest BCUT2D eigenvalue weighted by molar-refractivity contribution is 5.23.